The summed E-state index contributed by atoms with van der Waals surface area (Å²) in [5.41, 5.74) is 2.05. The first-order valence-corrected chi connectivity index (χ1v) is 19.2. The summed E-state index contributed by atoms with van der Waals surface area (Å²) in [6.45, 7) is 8.55. The van der Waals surface area contributed by atoms with Crippen LogP contribution in [0.4, 0.5) is 0 Å². The number of alkyl halides is 1. The molecule has 45 heavy (non-hydrogen) atoms. The summed E-state index contributed by atoms with van der Waals surface area (Å²) in [5.74, 6) is 1.80. The number of carbonyl (C=O) groups is 1. The van der Waals surface area contributed by atoms with Crippen molar-refractivity contribution >= 4 is 29.3 Å². The fraction of sp³-hybridized carbons (Fsp3) is 0.853. The van der Waals surface area contributed by atoms with Crippen molar-refractivity contribution in [1.29, 1.82) is 0 Å². The van der Waals surface area contributed by atoms with Gasteiger partial charge < -0.3 is 20.5 Å². The fourth-order valence-corrected chi connectivity index (χ4v) is 12.0. The molecule has 0 aromatic carbocycles. The first-order chi connectivity index (χ1) is 21.8. The van der Waals surface area contributed by atoms with E-state index in [-0.39, 0.29) is 40.3 Å². The molecule has 0 radical (unpaired) electrons. The van der Waals surface area contributed by atoms with Gasteiger partial charge in [0.1, 0.15) is 5.82 Å². The Labute approximate surface area is 277 Å². The third-order valence-corrected chi connectivity index (χ3v) is 14.2. The van der Waals surface area contributed by atoms with E-state index in [4.69, 9.17) is 21.3 Å². The summed E-state index contributed by atoms with van der Waals surface area (Å²) >= 11 is 8.58. The summed E-state index contributed by atoms with van der Waals surface area (Å²) in [6.07, 6.45) is 10.4. The van der Waals surface area contributed by atoms with Gasteiger partial charge in [-0.05, 0) is 109 Å². The molecule has 9 nitrogen and oxygen atoms in total. The molecule has 0 spiro atoms. The van der Waals surface area contributed by atoms with Gasteiger partial charge in [0.15, 0.2) is 0 Å². The summed E-state index contributed by atoms with van der Waals surface area (Å²) in [7, 11) is 0. The molecule has 7 rings (SSSR count). The Bertz CT molecular complexity index is 1300. The normalized spacial score (nSPS) is 40.4. The molecule has 11 heteroatoms. The van der Waals surface area contributed by atoms with Crippen molar-refractivity contribution in [2.24, 2.45) is 23.7 Å². The lowest BCUT2D eigenvalue weighted by Crippen LogP contribution is -2.57. The number of likely N-dealkylation sites (tertiary alicyclic amines) is 1. The highest BCUT2D eigenvalue weighted by Gasteiger charge is 2.51. The number of halogens is 1. The largest absolute Gasteiger partial charge is 0.481 e. The highest BCUT2D eigenvalue weighted by Crippen LogP contribution is 2.48. The fourth-order valence-electron chi connectivity index (χ4n) is 9.90. The molecule has 2 aliphatic carbocycles. The van der Waals surface area contributed by atoms with Gasteiger partial charge in [0.05, 0.1) is 30.9 Å². The maximum atomic E-state index is 13.9. The predicted octanol–water partition coefficient (Wildman–Crippen LogP) is 3.46. The van der Waals surface area contributed by atoms with E-state index in [9.17, 15) is 14.7 Å². The quantitative estimate of drug-likeness (QED) is 0.379. The molecule has 250 valence electrons. The number of piperidine rings is 3. The van der Waals surface area contributed by atoms with Gasteiger partial charge in [0.25, 0.3) is 5.56 Å². The molecule has 1 saturated carbocycles. The number of hydrogen-bond donors (Lipinski definition) is 3. The third-order valence-electron chi connectivity index (χ3n) is 12.2. The number of nitrogens with zero attached hydrogens (tertiary/aromatic N) is 3. The van der Waals surface area contributed by atoms with Crippen LogP contribution in [0.2, 0.25) is 0 Å². The van der Waals surface area contributed by atoms with E-state index >= 15 is 0 Å². The van der Waals surface area contributed by atoms with Gasteiger partial charge in [0, 0.05) is 52.7 Å². The van der Waals surface area contributed by atoms with Gasteiger partial charge in [-0.2, -0.15) is 11.8 Å². The lowest BCUT2D eigenvalue weighted by molar-refractivity contribution is -0.142. The molecule has 3 N–H and O–H groups in total. The lowest BCUT2D eigenvalue weighted by atomic mass is 9.70. The molecule has 0 bridgehead atoms. The number of nitrogens with one attached hydrogen (secondary N) is 2. The Morgan fingerprint density at radius 1 is 1.18 bits per heavy atom. The van der Waals surface area contributed by atoms with E-state index < -0.39 is 5.97 Å². The van der Waals surface area contributed by atoms with Crippen LogP contribution in [0.5, 0.6) is 0 Å². The van der Waals surface area contributed by atoms with Gasteiger partial charge in [-0.3, -0.25) is 19.1 Å². The molecular formula is C34H52ClN5O4S. The Hall–Kier alpha value is -1.17. The molecule has 1 aromatic rings. The number of carboxylic acids is 1. The van der Waals surface area contributed by atoms with E-state index in [1.54, 1.807) is 0 Å². The van der Waals surface area contributed by atoms with E-state index in [2.05, 4.69) is 22.5 Å². The zero-order valence-corrected chi connectivity index (χ0v) is 28.5. The Morgan fingerprint density at radius 3 is 2.89 bits per heavy atom. The Kier molecular flexibility index (Phi) is 9.89. The standard InChI is InChI=1S/C34H52ClN5O4S/c1-19-14-25(32-31(37-19)27(18-45-32)34(42)43)24-15-22(35)5-8-30(24)44-13-12-40-20(2)38-29-7-6-23(16-26(29)33(40)41)39-11-9-28-21(17-39)4-3-10-36-28/h19,21-25,27-28,30-32,36-37H,3-18H2,1-2H3,(H,42,43). The highest BCUT2D eigenvalue weighted by atomic mass is 35.5. The molecule has 5 heterocycles. The highest BCUT2D eigenvalue weighted by molar-refractivity contribution is 8.00. The second-order valence-electron chi connectivity index (χ2n) is 14.9. The van der Waals surface area contributed by atoms with E-state index in [0.29, 0.717) is 42.8 Å². The van der Waals surface area contributed by atoms with E-state index in [1.165, 1.54) is 19.3 Å². The van der Waals surface area contributed by atoms with Crippen LogP contribution in [0, 0.1) is 30.6 Å². The molecule has 6 aliphatic rings. The number of ether oxygens (including phenoxy) is 1. The number of carboxylic acid groups (broad SMARTS) is 1. The summed E-state index contributed by atoms with van der Waals surface area (Å²) in [4.78, 5) is 33.6. The second-order valence-corrected chi connectivity index (χ2v) is 16.7. The van der Waals surface area contributed by atoms with E-state index in [0.717, 1.165) is 87.6 Å². The third kappa shape index (κ3) is 6.62. The molecule has 4 saturated heterocycles. The van der Waals surface area contributed by atoms with Crippen molar-refractivity contribution in [3.8, 4) is 0 Å². The van der Waals surface area contributed by atoms with Crippen LogP contribution >= 0.6 is 23.4 Å². The van der Waals surface area contributed by atoms with Gasteiger partial charge >= 0.3 is 5.97 Å². The van der Waals surface area contributed by atoms with Crippen LogP contribution in [-0.4, -0.2) is 98.4 Å². The smallest absolute Gasteiger partial charge is 0.308 e. The molecule has 4 aliphatic heterocycles. The summed E-state index contributed by atoms with van der Waals surface area (Å²) in [5, 5.41) is 17.6. The van der Waals surface area contributed by atoms with Crippen molar-refractivity contribution in [3.63, 3.8) is 0 Å². The first kappa shape index (κ1) is 32.4. The number of thioether (sulfide) groups is 1. The van der Waals surface area contributed by atoms with Gasteiger partial charge in [-0.25, -0.2) is 4.98 Å². The molecule has 1 aromatic heterocycles. The first-order valence-electron chi connectivity index (χ1n) is 17.7. The number of rotatable bonds is 7. The van der Waals surface area contributed by atoms with Crippen molar-refractivity contribution in [1.82, 2.24) is 25.1 Å². The van der Waals surface area contributed by atoms with Crippen LogP contribution in [0.3, 0.4) is 0 Å². The van der Waals surface area contributed by atoms with Crippen molar-refractivity contribution in [2.45, 2.75) is 125 Å². The number of fused-ring (bicyclic) bond motifs is 3. The van der Waals surface area contributed by atoms with Crippen LogP contribution < -0.4 is 16.2 Å². The molecule has 11 atom stereocenters. The minimum atomic E-state index is -0.695. The van der Waals surface area contributed by atoms with Crippen molar-refractivity contribution < 1.29 is 14.6 Å². The number of aryl methyl sites for hydroxylation is 2. The zero-order valence-electron chi connectivity index (χ0n) is 27.0. The van der Waals surface area contributed by atoms with Crippen molar-refractivity contribution in [3.05, 3.63) is 27.4 Å². The topological polar surface area (TPSA) is 109 Å². The number of aromatic nitrogens is 2. The van der Waals surface area contributed by atoms with Gasteiger partial charge in [-0.1, -0.05) is 0 Å². The maximum absolute atomic E-state index is 13.9. The maximum Gasteiger partial charge on any atom is 0.308 e. The van der Waals surface area contributed by atoms with Crippen LogP contribution in [0.1, 0.15) is 75.4 Å². The van der Waals surface area contributed by atoms with Gasteiger partial charge in [-0.15, -0.1) is 11.6 Å². The number of hydrogen-bond acceptors (Lipinski definition) is 8. The number of aliphatic carboxylic acids is 1. The lowest BCUT2D eigenvalue weighted by Gasteiger charge is -2.47. The summed E-state index contributed by atoms with van der Waals surface area (Å²) < 4.78 is 8.53. The average Bonchev–Trinajstić information content (AvgIpc) is 3.46. The van der Waals surface area contributed by atoms with Gasteiger partial charge in [0.2, 0.25) is 0 Å². The Balaban J connectivity index is 1.01. The molecule has 11 unspecified atom stereocenters. The van der Waals surface area contributed by atoms with Crippen LogP contribution in [0.15, 0.2) is 4.79 Å². The minimum absolute atomic E-state index is 0.00470. The van der Waals surface area contributed by atoms with Crippen molar-refractivity contribution in [2.75, 3.05) is 32.0 Å². The SMILES string of the molecule is Cc1nc2c(c(=O)n1CCOC1CCC(Cl)CC1C1CC(C)NC3C(C(=O)O)CSC13)CC(N1CCC3NCCCC3C1)CC2. The monoisotopic (exact) mass is 661 g/mol. The second kappa shape index (κ2) is 13.7. The minimum Gasteiger partial charge on any atom is -0.481 e. The van der Waals surface area contributed by atoms with Crippen LogP contribution in [0.25, 0.3) is 0 Å². The zero-order chi connectivity index (χ0) is 31.2. The predicted molar refractivity (Wildman–Crippen MR) is 178 cm³/mol. The molecular weight excluding hydrogens is 610 g/mol. The molecule has 5 fully saturated rings. The van der Waals surface area contributed by atoms with Crippen LogP contribution in [-0.2, 0) is 28.9 Å². The Morgan fingerprint density at radius 2 is 2.04 bits per heavy atom. The summed E-state index contributed by atoms with van der Waals surface area (Å²) in [6, 6.07) is 1.37. The molecule has 0 amide bonds. The average molecular weight is 662 g/mol. The van der Waals surface area contributed by atoms with E-state index in [1.807, 2.05) is 23.3 Å².